The molecule has 5 nitrogen and oxygen atoms in total. The Morgan fingerprint density at radius 3 is 2.47 bits per heavy atom. The van der Waals surface area contributed by atoms with E-state index in [0.717, 1.165) is 4.68 Å². The normalized spacial score (nSPS) is 9.71. The SMILES string of the molecule is Cc1cc(O)n(N)c(=O)c1-[n+]1ccccc1.[Cl-]. The molecule has 0 radical (unpaired) electrons. The Bertz CT molecular complexity index is 581. The monoisotopic (exact) mass is 253 g/mol. The molecule has 2 aromatic heterocycles. The van der Waals surface area contributed by atoms with Crippen LogP contribution in [0.5, 0.6) is 5.88 Å². The zero-order valence-corrected chi connectivity index (χ0v) is 9.93. The van der Waals surface area contributed by atoms with Crippen LogP contribution in [-0.4, -0.2) is 9.78 Å². The molecular formula is C11H12ClN3O2. The first-order valence-corrected chi connectivity index (χ1v) is 4.78. The molecule has 2 aromatic rings. The van der Waals surface area contributed by atoms with E-state index in [-0.39, 0.29) is 18.3 Å². The minimum atomic E-state index is -0.436. The van der Waals surface area contributed by atoms with E-state index < -0.39 is 5.56 Å². The van der Waals surface area contributed by atoms with Crippen molar-refractivity contribution in [1.82, 2.24) is 4.68 Å². The van der Waals surface area contributed by atoms with E-state index in [1.807, 2.05) is 18.2 Å². The van der Waals surface area contributed by atoms with Crippen LogP contribution in [0.3, 0.4) is 0 Å². The summed E-state index contributed by atoms with van der Waals surface area (Å²) in [6, 6.07) is 6.93. The lowest BCUT2D eigenvalue weighted by Gasteiger charge is -2.04. The van der Waals surface area contributed by atoms with E-state index in [1.165, 1.54) is 6.07 Å². The first-order valence-electron chi connectivity index (χ1n) is 4.78. The third-order valence-electron chi connectivity index (χ3n) is 2.36. The fraction of sp³-hybridized carbons (Fsp3) is 0.0909. The van der Waals surface area contributed by atoms with Gasteiger partial charge in [0.15, 0.2) is 12.4 Å². The van der Waals surface area contributed by atoms with Crippen molar-refractivity contribution in [3.8, 4) is 11.6 Å². The molecule has 17 heavy (non-hydrogen) atoms. The van der Waals surface area contributed by atoms with E-state index in [0.29, 0.717) is 11.3 Å². The Labute approximate surface area is 104 Å². The number of aromatic nitrogens is 2. The van der Waals surface area contributed by atoms with E-state index >= 15 is 0 Å². The molecule has 0 aliphatic heterocycles. The Kier molecular flexibility index (Phi) is 3.75. The molecule has 0 bridgehead atoms. The number of halogens is 1. The summed E-state index contributed by atoms with van der Waals surface area (Å²) in [6.07, 6.45) is 3.50. The van der Waals surface area contributed by atoms with Gasteiger partial charge in [-0.25, -0.2) is 0 Å². The summed E-state index contributed by atoms with van der Waals surface area (Å²) in [4.78, 5) is 11.9. The molecular weight excluding hydrogens is 242 g/mol. The molecule has 0 saturated carbocycles. The number of nitrogens with zero attached hydrogens (tertiary/aromatic N) is 2. The molecule has 0 aliphatic rings. The summed E-state index contributed by atoms with van der Waals surface area (Å²) in [5, 5.41) is 9.38. The van der Waals surface area contributed by atoms with E-state index in [9.17, 15) is 9.90 Å². The van der Waals surface area contributed by atoms with Crippen molar-refractivity contribution in [2.24, 2.45) is 0 Å². The summed E-state index contributed by atoms with van der Waals surface area (Å²) in [5.74, 6) is 5.18. The minimum Gasteiger partial charge on any atom is -1.00 e. The average molecular weight is 254 g/mol. The largest absolute Gasteiger partial charge is 1.00 e. The number of aromatic hydroxyl groups is 1. The summed E-state index contributed by atoms with van der Waals surface area (Å²) in [5.41, 5.74) is 0.662. The molecule has 90 valence electrons. The number of pyridine rings is 2. The van der Waals surface area contributed by atoms with Crippen LogP contribution in [0.2, 0.25) is 0 Å². The summed E-state index contributed by atoms with van der Waals surface area (Å²) >= 11 is 0. The van der Waals surface area contributed by atoms with Crippen molar-refractivity contribution in [1.29, 1.82) is 0 Å². The molecule has 0 fully saturated rings. The molecule has 0 aliphatic carbocycles. The smallest absolute Gasteiger partial charge is 0.344 e. The predicted octanol–water partition coefficient (Wildman–Crippen LogP) is -3.14. The average Bonchev–Trinajstić information content (AvgIpc) is 2.28. The van der Waals surface area contributed by atoms with Gasteiger partial charge in [-0.05, 0) is 6.92 Å². The van der Waals surface area contributed by atoms with Crippen molar-refractivity contribution < 1.29 is 22.1 Å². The second kappa shape index (κ2) is 4.88. The van der Waals surface area contributed by atoms with Crippen molar-refractivity contribution in [3.05, 3.63) is 52.6 Å². The van der Waals surface area contributed by atoms with E-state index in [4.69, 9.17) is 5.84 Å². The van der Waals surface area contributed by atoms with Crippen molar-refractivity contribution in [2.75, 3.05) is 5.84 Å². The zero-order chi connectivity index (χ0) is 11.7. The van der Waals surface area contributed by atoms with Crippen molar-refractivity contribution in [2.45, 2.75) is 6.92 Å². The lowest BCUT2D eigenvalue weighted by molar-refractivity contribution is -0.597. The quantitative estimate of drug-likeness (QED) is 0.417. The fourth-order valence-corrected chi connectivity index (χ4v) is 1.58. The van der Waals surface area contributed by atoms with Gasteiger partial charge in [0.2, 0.25) is 5.88 Å². The lowest BCUT2D eigenvalue weighted by Crippen LogP contribution is -3.00. The molecule has 6 heteroatoms. The van der Waals surface area contributed by atoms with Crippen LogP contribution in [0.1, 0.15) is 5.56 Å². The Morgan fingerprint density at radius 1 is 1.29 bits per heavy atom. The van der Waals surface area contributed by atoms with Crippen LogP contribution in [0.15, 0.2) is 41.5 Å². The van der Waals surface area contributed by atoms with Crippen molar-refractivity contribution in [3.63, 3.8) is 0 Å². The van der Waals surface area contributed by atoms with Crippen LogP contribution in [-0.2, 0) is 0 Å². The van der Waals surface area contributed by atoms with Gasteiger partial charge in [-0.1, -0.05) is 6.07 Å². The standard InChI is InChI=1S/C11H11N3O2.ClH/c1-8-7-9(15)14(12)11(16)10(8)13-5-3-2-4-6-13;/h2-7H,12H2,1H3;1H. The van der Waals surface area contributed by atoms with Crippen molar-refractivity contribution >= 4 is 0 Å². The van der Waals surface area contributed by atoms with E-state index in [2.05, 4.69) is 0 Å². The number of nitrogens with two attached hydrogens (primary N) is 1. The molecule has 2 rings (SSSR count). The minimum absolute atomic E-state index is 0. The van der Waals surface area contributed by atoms with Gasteiger partial charge < -0.3 is 23.4 Å². The summed E-state index contributed by atoms with van der Waals surface area (Å²) in [7, 11) is 0. The maximum Gasteiger partial charge on any atom is 0.344 e. The summed E-state index contributed by atoms with van der Waals surface area (Å²) < 4.78 is 2.39. The summed E-state index contributed by atoms with van der Waals surface area (Å²) in [6.45, 7) is 1.75. The molecule has 2 heterocycles. The second-order valence-corrected chi connectivity index (χ2v) is 3.49. The van der Waals surface area contributed by atoms with Gasteiger partial charge in [0.1, 0.15) is 0 Å². The maximum absolute atomic E-state index is 11.9. The van der Waals surface area contributed by atoms with Gasteiger partial charge in [-0.15, -0.1) is 0 Å². The van der Waals surface area contributed by atoms with Crippen LogP contribution in [0, 0.1) is 6.92 Å². The second-order valence-electron chi connectivity index (χ2n) is 3.49. The molecule has 0 atom stereocenters. The predicted molar refractivity (Wildman–Crippen MR) is 58.8 cm³/mol. The zero-order valence-electron chi connectivity index (χ0n) is 9.17. The van der Waals surface area contributed by atoms with Gasteiger partial charge >= 0.3 is 5.56 Å². The van der Waals surface area contributed by atoms with Gasteiger partial charge in [-0.3, -0.25) is 4.79 Å². The van der Waals surface area contributed by atoms with Crippen LogP contribution < -0.4 is 28.4 Å². The Balaban J connectivity index is 0.00000144. The van der Waals surface area contributed by atoms with E-state index in [1.54, 1.807) is 23.9 Å². The first kappa shape index (κ1) is 13.1. The van der Waals surface area contributed by atoms with Gasteiger partial charge in [0.05, 0.1) is 0 Å². The molecule has 0 amide bonds. The Hall–Kier alpha value is -2.01. The molecule has 0 aromatic carbocycles. The first-order chi connectivity index (χ1) is 7.61. The number of hydrogen-bond acceptors (Lipinski definition) is 3. The highest BCUT2D eigenvalue weighted by molar-refractivity contribution is 5.34. The highest BCUT2D eigenvalue weighted by Crippen LogP contribution is 2.09. The third kappa shape index (κ3) is 2.24. The van der Waals surface area contributed by atoms with Crippen LogP contribution in [0.25, 0.3) is 5.69 Å². The topological polar surface area (TPSA) is 72.1 Å². The van der Waals surface area contributed by atoms with Crippen LogP contribution in [0.4, 0.5) is 0 Å². The third-order valence-corrected chi connectivity index (χ3v) is 2.36. The highest BCUT2D eigenvalue weighted by atomic mass is 35.5. The molecule has 0 saturated heterocycles. The van der Waals surface area contributed by atoms with Crippen LogP contribution >= 0.6 is 0 Å². The highest BCUT2D eigenvalue weighted by Gasteiger charge is 2.18. The number of hydrogen-bond donors (Lipinski definition) is 2. The number of nitrogen functional groups attached to an aromatic ring is 1. The lowest BCUT2D eigenvalue weighted by atomic mass is 10.2. The van der Waals surface area contributed by atoms with Gasteiger partial charge in [0, 0.05) is 23.8 Å². The maximum atomic E-state index is 11.9. The molecule has 3 N–H and O–H groups in total. The molecule has 0 spiro atoms. The van der Waals surface area contributed by atoms with Gasteiger partial charge in [0.25, 0.3) is 5.69 Å². The molecule has 0 unspecified atom stereocenters. The number of rotatable bonds is 1. The van der Waals surface area contributed by atoms with Gasteiger partial charge in [-0.2, -0.15) is 9.24 Å². The Morgan fingerprint density at radius 2 is 1.88 bits per heavy atom. The fourth-order valence-electron chi connectivity index (χ4n) is 1.58. The number of aryl methyl sites for hydroxylation is 1.